The van der Waals surface area contributed by atoms with Crippen molar-refractivity contribution in [3.05, 3.63) is 89.5 Å². The second kappa shape index (κ2) is 7.55. The molecule has 0 bridgehead atoms. The fourth-order valence-corrected chi connectivity index (χ4v) is 5.21. The van der Waals surface area contributed by atoms with Gasteiger partial charge in [0.15, 0.2) is 0 Å². The Labute approximate surface area is 190 Å². The fraction of sp³-hybridized carbons (Fsp3) is 0.231. The summed E-state index contributed by atoms with van der Waals surface area (Å²) in [4.78, 5) is 34.1. The Morgan fingerprint density at radius 2 is 1.97 bits per heavy atom. The van der Waals surface area contributed by atoms with Gasteiger partial charge in [0.1, 0.15) is 24.1 Å². The minimum atomic E-state index is -0.580. The van der Waals surface area contributed by atoms with Crippen LogP contribution in [-0.2, 0) is 22.6 Å². The highest BCUT2D eigenvalue weighted by Crippen LogP contribution is 2.43. The van der Waals surface area contributed by atoms with E-state index in [2.05, 4.69) is 11.1 Å². The van der Waals surface area contributed by atoms with E-state index in [1.165, 1.54) is 0 Å². The number of nitrogens with zero attached hydrogens (tertiary/aromatic N) is 2. The van der Waals surface area contributed by atoms with Gasteiger partial charge in [0.25, 0.3) is 0 Å². The maximum atomic E-state index is 13.7. The molecule has 0 saturated carbocycles. The average molecular weight is 441 g/mol. The van der Waals surface area contributed by atoms with Gasteiger partial charge in [-0.05, 0) is 41.5 Å². The smallest absolute Gasteiger partial charge is 0.246 e. The third kappa shape index (κ3) is 3.11. The monoisotopic (exact) mass is 441 g/mol. The third-order valence-corrected chi connectivity index (χ3v) is 6.68. The second-order valence-corrected chi connectivity index (χ2v) is 8.54. The zero-order valence-corrected chi connectivity index (χ0v) is 18.2. The van der Waals surface area contributed by atoms with E-state index in [0.717, 1.165) is 27.7 Å². The summed E-state index contributed by atoms with van der Waals surface area (Å²) in [7, 11) is 1.62. The summed E-state index contributed by atoms with van der Waals surface area (Å²) in [6.07, 6.45) is 2.05. The van der Waals surface area contributed by atoms with E-state index in [4.69, 9.17) is 9.15 Å². The van der Waals surface area contributed by atoms with Gasteiger partial charge in [-0.25, -0.2) is 0 Å². The van der Waals surface area contributed by atoms with Crippen LogP contribution in [-0.4, -0.2) is 46.3 Å². The number of H-pyrrole nitrogens is 1. The molecule has 4 heterocycles. The zero-order valence-electron chi connectivity index (χ0n) is 18.2. The maximum Gasteiger partial charge on any atom is 0.246 e. The fourth-order valence-electron chi connectivity index (χ4n) is 5.21. The van der Waals surface area contributed by atoms with Crippen molar-refractivity contribution in [2.45, 2.75) is 25.0 Å². The number of carbonyl (C=O) groups is 2. The first-order valence-electron chi connectivity index (χ1n) is 11.0. The van der Waals surface area contributed by atoms with Crippen LogP contribution in [0.1, 0.15) is 28.6 Å². The van der Waals surface area contributed by atoms with E-state index in [0.29, 0.717) is 17.9 Å². The molecular formula is C26H23N3O4. The number of nitrogens with one attached hydrogen (secondary N) is 1. The van der Waals surface area contributed by atoms with Crippen LogP contribution in [0.15, 0.2) is 71.3 Å². The molecular weight excluding hydrogens is 418 g/mol. The Balaban J connectivity index is 1.49. The summed E-state index contributed by atoms with van der Waals surface area (Å²) in [5, 5.41) is 1.09. The number of aromatic amines is 1. The molecule has 2 aliphatic heterocycles. The largest absolute Gasteiger partial charge is 0.497 e. The second-order valence-electron chi connectivity index (χ2n) is 8.54. The van der Waals surface area contributed by atoms with Crippen LogP contribution in [0, 0.1) is 0 Å². The summed E-state index contributed by atoms with van der Waals surface area (Å²) in [5.74, 6) is 1.23. The van der Waals surface area contributed by atoms with Gasteiger partial charge in [0.05, 0.1) is 26.0 Å². The number of rotatable bonds is 4. The minimum absolute atomic E-state index is 0.0199. The normalized spacial score (nSPS) is 20.2. The van der Waals surface area contributed by atoms with Crippen molar-refractivity contribution < 1.29 is 18.7 Å². The number of amides is 2. The minimum Gasteiger partial charge on any atom is -0.497 e. The molecule has 6 rings (SSSR count). The first kappa shape index (κ1) is 19.7. The Bertz CT molecular complexity index is 1360. The molecule has 0 aliphatic carbocycles. The lowest BCUT2D eigenvalue weighted by Crippen LogP contribution is -2.62. The standard InChI is InChI=1S/C26H23N3O4/c1-32-17-7-4-6-16(12-17)25-24-20(19-9-2-3-10-21(19)27-24)13-22-26(31)28(15-23(30)29(22)25)14-18-8-5-11-33-18/h2-12,22,25,27H,13-15H2,1H3/t22-,25-/m0/s1. The predicted molar refractivity (Wildman–Crippen MR) is 122 cm³/mol. The highest BCUT2D eigenvalue weighted by Gasteiger charge is 2.48. The van der Waals surface area contributed by atoms with Crippen molar-refractivity contribution in [2.24, 2.45) is 0 Å². The van der Waals surface area contributed by atoms with E-state index in [1.807, 2.05) is 48.5 Å². The number of ether oxygens (including phenoxy) is 1. The van der Waals surface area contributed by atoms with Crippen LogP contribution in [0.25, 0.3) is 10.9 Å². The number of carbonyl (C=O) groups excluding carboxylic acids is 2. The van der Waals surface area contributed by atoms with Crippen LogP contribution in [0.5, 0.6) is 5.75 Å². The molecule has 0 unspecified atom stereocenters. The Morgan fingerprint density at radius 3 is 2.79 bits per heavy atom. The zero-order chi connectivity index (χ0) is 22.5. The average Bonchev–Trinajstić information content (AvgIpc) is 3.48. The van der Waals surface area contributed by atoms with E-state index in [-0.39, 0.29) is 24.9 Å². The Kier molecular flexibility index (Phi) is 4.50. The number of para-hydroxylation sites is 1. The molecule has 0 radical (unpaired) electrons. The van der Waals surface area contributed by atoms with Crippen molar-refractivity contribution >= 4 is 22.7 Å². The summed E-state index contributed by atoms with van der Waals surface area (Å²) >= 11 is 0. The number of methoxy groups -OCH3 is 1. The van der Waals surface area contributed by atoms with E-state index < -0.39 is 12.1 Å². The number of piperazine rings is 1. The topological polar surface area (TPSA) is 78.8 Å². The van der Waals surface area contributed by atoms with Crippen molar-refractivity contribution in [2.75, 3.05) is 13.7 Å². The highest BCUT2D eigenvalue weighted by molar-refractivity contribution is 5.97. The lowest BCUT2D eigenvalue weighted by molar-refractivity contribution is -0.159. The molecule has 2 aromatic carbocycles. The Hall–Kier alpha value is -4.00. The first-order valence-corrected chi connectivity index (χ1v) is 11.0. The molecule has 1 fully saturated rings. The van der Waals surface area contributed by atoms with Gasteiger partial charge in [-0.3, -0.25) is 9.59 Å². The molecule has 166 valence electrons. The summed E-state index contributed by atoms with van der Waals surface area (Å²) in [5.41, 5.74) is 3.96. The van der Waals surface area contributed by atoms with Gasteiger partial charge in [-0.2, -0.15) is 0 Å². The molecule has 2 atom stereocenters. The van der Waals surface area contributed by atoms with Gasteiger partial charge in [0, 0.05) is 23.0 Å². The van der Waals surface area contributed by atoms with Gasteiger partial charge in [0.2, 0.25) is 11.8 Å². The van der Waals surface area contributed by atoms with Crippen LogP contribution < -0.4 is 4.74 Å². The highest BCUT2D eigenvalue weighted by atomic mass is 16.5. The van der Waals surface area contributed by atoms with Gasteiger partial charge in [-0.15, -0.1) is 0 Å². The van der Waals surface area contributed by atoms with E-state index in [1.54, 1.807) is 29.2 Å². The summed E-state index contributed by atoms with van der Waals surface area (Å²) < 4.78 is 10.9. The number of benzene rings is 2. The summed E-state index contributed by atoms with van der Waals surface area (Å²) in [6, 6.07) is 18.4. The number of hydrogen-bond acceptors (Lipinski definition) is 4. The van der Waals surface area contributed by atoms with Crippen LogP contribution >= 0.6 is 0 Å². The molecule has 1 saturated heterocycles. The molecule has 2 aliphatic rings. The number of hydrogen-bond donors (Lipinski definition) is 1. The lowest BCUT2D eigenvalue weighted by atomic mass is 9.86. The van der Waals surface area contributed by atoms with Gasteiger partial charge < -0.3 is 23.9 Å². The molecule has 0 spiro atoms. The molecule has 4 aromatic rings. The molecule has 2 aromatic heterocycles. The van der Waals surface area contributed by atoms with E-state index >= 15 is 0 Å². The molecule has 1 N–H and O–H groups in total. The van der Waals surface area contributed by atoms with Crippen molar-refractivity contribution in [1.82, 2.24) is 14.8 Å². The molecule has 2 amide bonds. The SMILES string of the molecule is COc1cccc([C@H]2c3[nH]c4ccccc4c3C[C@H]3C(=O)N(Cc4ccco4)CC(=O)N23)c1. The van der Waals surface area contributed by atoms with Crippen LogP contribution in [0.4, 0.5) is 0 Å². The number of fused-ring (bicyclic) bond motifs is 4. The maximum absolute atomic E-state index is 13.7. The predicted octanol–water partition coefficient (Wildman–Crippen LogP) is 3.65. The molecule has 7 nitrogen and oxygen atoms in total. The lowest BCUT2D eigenvalue weighted by Gasteiger charge is -2.47. The Morgan fingerprint density at radius 1 is 1.09 bits per heavy atom. The number of furan rings is 1. The van der Waals surface area contributed by atoms with Crippen molar-refractivity contribution in [3.63, 3.8) is 0 Å². The molecule has 33 heavy (non-hydrogen) atoms. The van der Waals surface area contributed by atoms with Gasteiger partial charge >= 0.3 is 0 Å². The van der Waals surface area contributed by atoms with E-state index in [9.17, 15) is 9.59 Å². The number of aromatic nitrogens is 1. The third-order valence-electron chi connectivity index (χ3n) is 6.68. The quantitative estimate of drug-likeness (QED) is 0.524. The first-order chi connectivity index (χ1) is 16.1. The van der Waals surface area contributed by atoms with Crippen molar-refractivity contribution in [3.8, 4) is 5.75 Å². The van der Waals surface area contributed by atoms with Crippen LogP contribution in [0.3, 0.4) is 0 Å². The van der Waals surface area contributed by atoms with Crippen molar-refractivity contribution in [1.29, 1.82) is 0 Å². The van der Waals surface area contributed by atoms with Gasteiger partial charge in [-0.1, -0.05) is 30.3 Å². The van der Waals surface area contributed by atoms with Crippen LogP contribution in [0.2, 0.25) is 0 Å². The molecule has 7 heteroatoms. The summed E-state index contributed by atoms with van der Waals surface area (Å²) in [6.45, 7) is 0.304.